The monoisotopic (exact) mass is 270 g/mol. The Balaban J connectivity index is 3.38. The van der Waals surface area contributed by atoms with Crippen molar-refractivity contribution in [2.75, 3.05) is 7.11 Å². The molecule has 100 valence electrons. The van der Waals surface area contributed by atoms with E-state index in [-0.39, 0.29) is 6.42 Å². The molecule has 0 aromatic heterocycles. The number of halogens is 1. The molecule has 1 N–H and O–H groups in total. The van der Waals surface area contributed by atoms with E-state index in [4.69, 9.17) is 21.4 Å². The molecule has 0 saturated heterocycles. The van der Waals surface area contributed by atoms with Gasteiger partial charge in [0.15, 0.2) is 0 Å². The largest absolute Gasteiger partial charge is 0.496 e. The molecule has 0 atom stereocenters. The first-order chi connectivity index (χ1) is 8.31. The van der Waals surface area contributed by atoms with Gasteiger partial charge in [-0.25, -0.2) is 0 Å². The minimum absolute atomic E-state index is 0.0346. The number of aryl methyl sites for hydroxylation is 1. The Morgan fingerprint density at radius 1 is 1.44 bits per heavy atom. The fourth-order valence-corrected chi connectivity index (χ4v) is 2.37. The molecule has 0 bridgehead atoms. The van der Waals surface area contributed by atoms with Crippen molar-refractivity contribution >= 4 is 17.6 Å². The molecule has 1 aromatic rings. The summed E-state index contributed by atoms with van der Waals surface area (Å²) in [5.41, 5.74) is 1.32. The van der Waals surface area contributed by atoms with Crippen molar-refractivity contribution in [2.45, 2.75) is 39.0 Å². The molecule has 0 aliphatic rings. The number of carbonyl (C=O) groups is 1. The van der Waals surface area contributed by atoms with Gasteiger partial charge in [-0.2, -0.15) is 0 Å². The summed E-state index contributed by atoms with van der Waals surface area (Å²) in [5.74, 6) is -0.0896. The Morgan fingerprint density at radius 3 is 2.50 bits per heavy atom. The second-order valence-corrected chi connectivity index (χ2v) is 5.39. The third kappa shape index (κ3) is 3.16. The molecule has 3 nitrogen and oxygen atoms in total. The first-order valence-corrected chi connectivity index (χ1v) is 6.28. The van der Waals surface area contributed by atoms with Crippen LogP contribution in [0.5, 0.6) is 5.75 Å². The Kier molecular flexibility index (Phi) is 4.63. The highest BCUT2D eigenvalue weighted by Crippen LogP contribution is 2.38. The predicted octanol–water partition coefficient (Wildman–Crippen LogP) is 3.66. The number of rotatable bonds is 5. The van der Waals surface area contributed by atoms with Crippen LogP contribution in [0.3, 0.4) is 0 Å². The number of hydrogen-bond acceptors (Lipinski definition) is 2. The Morgan fingerprint density at radius 2 is 2.06 bits per heavy atom. The summed E-state index contributed by atoms with van der Waals surface area (Å²) in [6.07, 6.45) is 0.826. The average Bonchev–Trinajstić information content (AvgIpc) is 2.26. The van der Waals surface area contributed by atoms with Crippen LogP contribution in [-0.2, 0) is 16.6 Å². The summed E-state index contributed by atoms with van der Waals surface area (Å²) in [6, 6.07) is 3.66. The smallest absolute Gasteiger partial charge is 0.304 e. The lowest BCUT2D eigenvalue weighted by Gasteiger charge is -2.27. The minimum atomic E-state index is -0.833. The van der Waals surface area contributed by atoms with Crippen molar-refractivity contribution in [1.82, 2.24) is 0 Å². The van der Waals surface area contributed by atoms with Crippen LogP contribution in [0.15, 0.2) is 12.1 Å². The standard InChI is InChI=1S/C14H19ClO3/c1-5-9-6-10(15)7-11(13(9)18-4)14(2,3)8-12(16)17/h6-7H,5,8H2,1-4H3,(H,16,17). The van der Waals surface area contributed by atoms with Crippen molar-refractivity contribution in [3.63, 3.8) is 0 Å². The Labute approximate surface area is 113 Å². The molecule has 0 amide bonds. The van der Waals surface area contributed by atoms with Gasteiger partial charge in [0.1, 0.15) is 5.75 Å². The third-order valence-corrected chi connectivity index (χ3v) is 3.26. The normalized spacial score (nSPS) is 11.4. The number of aliphatic carboxylic acids is 1. The van der Waals surface area contributed by atoms with Crippen molar-refractivity contribution in [3.05, 3.63) is 28.3 Å². The van der Waals surface area contributed by atoms with E-state index in [9.17, 15) is 4.79 Å². The molecule has 0 aliphatic heterocycles. The first-order valence-electron chi connectivity index (χ1n) is 5.90. The molecule has 1 rings (SSSR count). The number of hydrogen-bond donors (Lipinski definition) is 1. The summed E-state index contributed by atoms with van der Waals surface area (Å²) in [6.45, 7) is 5.78. The fourth-order valence-electron chi connectivity index (χ4n) is 2.13. The molecule has 0 heterocycles. The molecule has 0 saturated carbocycles. The average molecular weight is 271 g/mol. The van der Waals surface area contributed by atoms with Crippen LogP contribution in [-0.4, -0.2) is 18.2 Å². The molecule has 4 heteroatoms. The maximum Gasteiger partial charge on any atom is 0.304 e. The second kappa shape index (κ2) is 5.61. The number of carboxylic acids is 1. The molecule has 0 aliphatic carbocycles. The maximum atomic E-state index is 11.0. The highest BCUT2D eigenvalue weighted by Gasteiger charge is 2.29. The van der Waals surface area contributed by atoms with Gasteiger partial charge in [0, 0.05) is 16.0 Å². The second-order valence-electron chi connectivity index (χ2n) is 4.95. The molecule has 1 aromatic carbocycles. The summed E-state index contributed by atoms with van der Waals surface area (Å²) in [7, 11) is 1.60. The van der Waals surface area contributed by atoms with Crippen LogP contribution in [0.2, 0.25) is 5.02 Å². The van der Waals surface area contributed by atoms with Gasteiger partial charge >= 0.3 is 5.97 Å². The zero-order valence-electron chi connectivity index (χ0n) is 11.2. The van der Waals surface area contributed by atoms with Gasteiger partial charge in [-0.1, -0.05) is 32.4 Å². The number of ether oxygens (including phenoxy) is 1. The van der Waals surface area contributed by atoms with E-state index in [0.717, 1.165) is 23.3 Å². The zero-order chi connectivity index (χ0) is 13.9. The van der Waals surface area contributed by atoms with Crippen LogP contribution in [0.1, 0.15) is 38.3 Å². The van der Waals surface area contributed by atoms with Gasteiger partial charge in [0.25, 0.3) is 0 Å². The molecular formula is C14H19ClO3. The highest BCUT2D eigenvalue weighted by molar-refractivity contribution is 6.30. The minimum Gasteiger partial charge on any atom is -0.496 e. The van der Waals surface area contributed by atoms with Gasteiger partial charge in [0.2, 0.25) is 0 Å². The van der Waals surface area contributed by atoms with Gasteiger partial charge in [-0.15, -0.1) is 0 Å². The molecule has 18 heavy (non-hydrogen) atoms. The number of methoxy groups -OCH3 is 1. The van der Waals surface area contributed by atoms with E-state index >= 15 is 0 Å². The van der Waals surface area contributed by atoms with Gasteiger partial charge < -0.3 is 9.84 Å². The van der Waals surface area contributed by atoms with Crippen molar-refractivity contribution in [3.8, 4) is 5.75 Å². The summed E-state index contributed by atoms with van der Waals surface area (Å²) >= 11 is 6.10. The van der Waals surface area contributed by atoms with E-state index in [1.807, 2.05) is 26.8 Å². The van der Waals surface area contributed by atoms with Crippen molar-refractivity contribution in [2.24, 2.45) is 0 Å². The van der Waals surface area contributed by atoms with Crippen molar-refractivity contribution in [1.29, 1.82) is 0 Å². The Hall–Kier alpha value is -1.22. The first kappa shape index (κ1) is 14.8. The van der Waals surface area contributed by atoms with Gasteiger partial charge in [-0.3, -0.25) is 4.79 Å². The van der Waals surface area contributed by atoms with Crippen LogP contribution < -0.4 is 4.74 Å². The SMILES string of the molecule is CCc1cc(Cl)cc(C(C)(C)CC(=O)O)c1OC. The van der Waals surface area contributed by atoms with Crippen molar-refractivity contribution < 1.29 is 14.6 Å². The van der Waals surface area contributed by atoms with E-state index in [1.54, 1.807) is 13.2 Å². The Bertz CT molecular complexity index is 453. The van der Waals surface area contributed by atoms with Crippen LogP contribution >= 0.6 is 11.6 Å². The van der Waals surface area contributed by atoms with E-state index in [2.05, 4.69) is 0 Å². The quantitative estimate of drug-likeness (QED) is 0.888. The predicted molar refractivity (Wildman–Crippen MR) is 72.7 cm³/mol. The third-order valence-electron chi connectivity index (χ3n) is 3.04. The lowest BCUT2D eigenvalue weighted by Crippen LogP contribution is -2.23. The summed E-state index contributed by atoms with van der Waals surface area (Å²) in [4.78, 5) is 11.0. The van der Waals surface area contributed by atoms with Gasteiger partial charge in [-0.05, 0) is 24.1 Å². The highest BCUT2D eigenvalue weighted by atomic mass is 35.5. The number of benzene rings is 1. The number of carboxylic acid groups (broad SMARTS) is 1. The molecule has 0 radical (unpaired) electrons. The lowest BCUT2D eigenvalue weighted by molar-refractivity contribution is -0.138. The summed E-state index contributed by atoms with van der Waals surface area (Å²) in [5, 5.41) is 9.61. The van der Waals surface area contributed by atoms with E-state index in [0.29, 0.717) is 5.02 Å². The molecule has 0 unspecified atom stereocenters. The van der Waals surface area contributed by atoms with E-state index in [1.165, 1.54) is 0 Å². The molecule has 0 spiro atoms. The zero-order valence-corrected chi connectivity index (χ0v) is 12.0. The fraction of sp³-hybridized carbons (Fsp3) is 0.500. The molecule has 0 fully saturated rings. The lowest BCUT2D eigenvalue weighted by atomic mass is 9.80. The van der Waals surface area contributed by atoms with Gasteiger partial charge in [0.05, 0.1) is 13.5 Å². The van der Waals surface area contributed by atoms with Crippen LogP contribution in [0.25, 0.3) is 0 Å². The van der Waals surface area contributed by atoms with Crippen LogP contribution in [0, 0.1) is 0 Å². The topological polar surface area (TPSA) is 46.5 Å². The maximum absolute atomic E-state index is 11.0. The summed E-state index contributed by atoms with van der Waals surface area (Å²) < 4.78 is 5.44. The van der Waals surface area contributed by atoms with Crippen LogP contribution in [0.4, 0.5) is 0 Å². The molecular weight excluding hydrogens is 252 g/mol. The van der Waals surface area contributed by atoms with E-state index < -0.39 is 11.4 Å².